The van der Waals surface area contributed by atoms with Crippen molar-refractivity contribution in [2.24, 2.45) is 0 Å². The number of hydrogen-bond donors (Lipinski definition) is 0. The molecule has 1 aromatic rings. The largest absolute Gasteiger partial charge is 0.548 e. The lowest BCUT2D eigenvalue weighted by Crippen LogP contribution is -2.12. The maximum absolute atomic E-state index is 5.32. The van der Waals surface area contributed by atoms with Gasteiger partial charge in [-0.1, -0.05) is 18.7 Å². The Hall–Kier alpha value is -1.29. The van der Waals surface area contributed by atoms with E-state index in [0.717, 1.165) is 16.7 Å². The summed E-state index contributed by atoms with van der Waals surface area (Å²) in [5, 5.41) is 0.775. The number of methoxy groups -OCH3 is 2. The maximum Gasteiger partial charge on any atom is 0.312 e. The van der Waals surface area contributed by atoms with Crippen molar-refractivity contribution >= 4 is 14.7 Å². The first kappa shape index (κ1) is 10.8. The molecule has 14 heavy (non-hydrogen) atoms. The molecule has 1 heterocycles. The fourth-order valence-electron chi connectivity index (χ4n) is 1.29. The van der Waals surface area contributed by atoms with Gasteiger partial charge in [0, 0.05) is 5.56 Å². The summed E-state index contributed by atoms with van der Waals surface area (Å²) in [7, 11) is 3.71. The molecule has 0 aliphatic rings. The molecule has 0 saturated heterocycles. The molecule has 0 radical (unpaired) electrons. The second-order valence-electron chi connectivity index (χ2n) is 2.63. The third kappa shape index (κ3) is 1.80. The molecule has 4 heteroatoms. The van der Waals surface area contributed by atoms with E-state index in [1.807, 2.05) is 11.7 Å². The first-order valence-corrected chi connectivity index (χ1v) is 5.68. The summed E-state index contributed by atoms with van der Waals surface area (Å²) in [6.45, 7) is 3.71. The Kier molecular flexibility index (Phi) is 3.70. The number of ether oxygens (including phenoxy) is 2. The molecule has 0 spiro atoms. The Morgan fingerprint density at radius 2 is 2.00 bits per heavy atom. The molecule has 1 rings (SSSR count). The molecule has 3 nitrogen and oxygen atoms in total. The average Bonchev–Trinajstić information content (AvgIpc) is 2.26. The molecular formula is C10H14O3Si. The smallest absolute Gasteiger partial charge is 0.312 e. The zero-order valence-corrected chi connectivity index (χ0v) is 9.66. The highest BCUT2D eigenvalue weighted by Crippen LogP contribution is 2.30. The van der Waals surface area contributed by atoms with E-state index in [1.165, 1.54) is 0 Å². The van der Waals surface area contributed by atoms with Crippen molar-refractivity contribution in [3.63, 3.8) is 0 Å². The molecular weight excluding hydrogens is 196 g/mol. The summed E-state index contributed by atoms with van der Waals surface area (Å²) in [4.78, 5) is 0. The minimum absolute atomic E-state index is 0.723. The fraction of sp³-hybridized carbons (Fsp3) is 0.300. The van der Waals surface area contributed by atoms with Crippen LogP contribution in [-0.4, -0.2) is 30.0 Å². The van der Waals surface area contributed by atoms with E-state index >= 15 is 0 Å². The van der Waals surface area contributed by atoms with E-state index in [1.54, 1.807) is 27.4 Å². The van der Waals surface area contributed by atoms with E-state index in [2.05, 4.69) is 6.58 Å². The first-order valence-electron chi connectivity index (χ1n) is 4.19. The molecule has 76 valence electrons. The predicted octanol–water partition coefficient (Wildman–Crippen LogP) is 1.43. The van der Waals surface area contributed by atoms with Gasteiger partial charge in [0.05, 0.1) is 21.3 Å². The van der Waals surface area contributed by atoms with Crippen molar-refractivity contribution in [1.29, 1.82) is 0 Å². The van der Waals surface area contributed by atoms with Crippen LogP contribution in [0.2, 0.25) is 0 Å². The highest BCUT2D eigenvalue weighted by molar-refractivity contribution is 6.50. The Morgan fingerprint density at radius 1 is 1.29 bits per heavy atom. The van der Waals surface area contributed by atoms with Gasteiger partial charge in [-0.3, -0.25) is 0 Å². The monoisotopic (exact) mass is 210 g/mol. The summed E-state index contributed by atoms with van der Waals surface area (Å²) in [5.41, 5.74) is 2.93. The molecule has 0 aliphatic carbocycles. The van der Waals surface area contributed by atoms with Crippen LogP contribution >= 0.6 is 0 Å². The lowest BCUT2D eigenvalue weighted by Gasteiger charge is -2.13. The Balaban J connectivity index is 3.35. The van der Waals surface area contributed by atoms with Crippen molar-refractivity contribution in [2.75, 3.05) is 21.3 Å². The topological polar surface area (TPSA) is 27.7 Å². The van der Waals surface area contributed by atoms with Crippen LogP contribution in [0.5, 0.6) is 11.1 Å². The van der Waals surface area contributed by atoms with Crippen molar-refractivity contribution in [1.82, 2.24) is 0 Å². The van der Waals surface area contributed by atoms with Crippen LogP contribution < -0.4 is 13.9 Å². The Morgan fingerprint density at radius 3 is 2.43 bits per heavy atom. The molecule has 0 amide bonds. The van der Waals surface area contributed by atoms with Crippen LogP contribution in [0.3, 0.4) is 0 Å². The van der Waals surface area contributed by atoms with Gasteiger partial charge in [0.1, 0.15) is 0 Å². The highest BCUT2D eigenvalue weighted by Gasteiger charge is 2.14. The van der Waals surface area contributed by atoms with Gasteiger partial charge in [0.2, 0.25) is 0 Å². The summed E-state index contributed by atoms with van der Waals surface area (Å²) in [5.74, 6) is 0.723. The van der Waals surface area contributed by atoms with Crippen LogP contribution in [0.4, 0.5) is 0 Å². The van der Waals surface area contributed by atoms with Gasteiger partial charge in [0.15, 0.2) is 11.1 Å². The van der Waals surface area contributed by atoms with E-state index in [9.17, 15) is 0 Å². The second-order valence-corrected chi connectivity index (χ2v) is 4.55. The van der Waals surface area contributed by atoms with Gasteiger partial charge < -0.3 is 13.9 Å². The van der Waals surface area contributed by atoms with Crippen molar-refractivity contribution in [3.05, 3.63) is 23.9 Å². The summed E-state index contributed by atoms with van der Waals surface area (Å²) < 4.78 is 15.9. The highest BCUT2D eigenvalue weighted by atomic mass is 28.3. The molecule has 0 fully saturated rings. The summed E-state index contributed by atoms with van der Waals surface area (Å²) in [6.07, 6.45) is 1.74. The molecule has 0 atom stereocenters. The predicted molar refractivity (Wildman–Crippen MR) is 58.1 cm³/mol. The molecule has 1 aromatic heterocycles. The van der Waals surface area contributed by atoms with Crippen molar-refractivity contribution in [3.8, 4) is 11.1 Å². The minimum Gasteiger partial charge on any atom is -0.548 e. The lowest BCUT2D eigenvalue weighted by molar-refractivity contribution is 0.354. The second kappa shape index (κ2) is 4.81. The SMILES string of the molecule is C=Cc1cc[si](OC)c(OC)c1OC. The maximum atomic E-state index is 5.32. The fourth-order valence-corrected chi connectivity index (χ4v) is 2.76. The van der Waals surface area contributed by atoms with Crippen molar-refractivity contribution < 1.29 is 13.9 Å². The Labute approximate surface area is 85.6 Å². The lowest BCUT2D eigenvalue weighted by atomic mass is 10.3. The third-order valence-electron chi connectivity index (χ3n) is 1.95. The van der Waals surface area contributed by atoms with Gasteiger partial charge >= 0.3 is 8.64 Å². The molecule has 0 bridgehead atoms. The molecule has 0 N–H and O–H groups in total. The minimum atomic E-state index is -1.20. The molecule has 0 aromatic carbocycles. The molecule has 0 aliphatic heterocycles. The van der Waals surface area contributed by atoms with Gasteiger partial charge in [-0.15, -0.1) is 0 Å². The summed E-state index contributed by atoms with van der Waals surface area (Å²) in [6, 6.07) is 1.95. The third-order valence-corrected chi connectivity index (χ3v) is 3.74. The zero-order chi connectivity index (χ0) is 10.6. The first-order chi connectivity index (χ1) is 6.78. The van der Waals surface area contributed by atoms with E-state index in [-0.39, 0.29) is 0 Å². The van der Waals surface area contributed by atoms with Crippen LogP contribution in [0, 0.1) is 0 Å². The number of hydrogen-bond acceptors (Lipinski definition) is 3. The number of rotatable bonds is 4. The van der Waals surface area contributed by atoms with Gasteiger partial charge in [-0.25, -0.2) is 0 Å². The Bertz CT molecular complexity index is 336. The normalized spacial score (nSPS) is 9.36. The van der Waals surface area contributed by atoms with Gasteiger partial charge in [0.25, 0.3) is 0 Å². The van der Waals surface area contributed by atoms with Crippen LogP contribution in [0.15, 0.2) is 18.3 Å². The molecule has 0 unspecified atom stereocenters. The van der Waals surface area contributed by atoms with Crippen molar-refractivity contribution in [2.45, 2.75) is 0 Å². The van der Waals surface area contributed by atoms with E-state index in [4.69, 9.17) is 13.9 Å². The standard InChI is InChI=1S/C10H14O3Si/c1-5-8-6-7-14(13-4)10(12-3)9(8)11-2/h5-7H,1H2,2-4H3. The average molecular weight is 210 g/mol. The molecule has 0 saturated carbocycles. The zero-order valence-electron chi connectivity index (χ0n) is 8.66. The van der Waals surface area contributed by atoms with Gasteiger partial charge in [-0.2, -0.15) is 0 Å². The van der Waals surface area contributed by atoms with Crippen LogP contribution in [0.25, 0.3) is 6.08 Å². The van der Waals surface area contributed by atoms with Crippen LogP contribution in [0.1, 0.15) is 5.56 Å². The van der Waals surface area contributed by atoms with Crippen LogP contribution in [-0.2, 0) is 0 Å². The van der Waals surface area contributed by atoms with Gasteiger partial charge in [-0.05, 0) is 5.68 Å². The summed E-state index contributed by atoms with van der Waals surface area (Å²) >= 11 is 0. The quantitative estimate of drug-likeness (QED) is 0.704. The van der Waals surface area contributed by atoms with E-state index < -0.39 is 8.64 Å². The van der Waals surface area contributed by atoms with E-state index in [0.29, 0.717) is 0 Å².